The zero-order valence-corrected chi connectivity index (χ0v) is 12.4. The van der Waals surface area contributed by atoms with Crippen LogP contribution in [0.25, 0.3) is 0 Å². The van der Waals surface area contributed by atoms with Gasteiger partial charge in [-0.25, -0.2) is 0 Å². The van der Waals surface area contributed by atoms with Crippen molar-refractivity contribution in [3.63, 3.8) is 0 Å². The van der Waals surface area contributed by atoms with Gasteiger partial charge in [-0.05, 0) is 25.5 Å². The Balaban J connectivity index is 2.07. The zero-order chi connectivity index (χ0) is 15.4. The number of benzene rings is 1. The fraction of sp³-hybridized carbons (Fsp3) is 0.467. The van der Waals surface area contributed by atoms with Crippen molar-refractivity contribution in [3.8, 4) is 11.5 Å². The Bertz CT molecular complexity index is 544. The molecular formula is C15H20N2O4. The lowest BCUT2D eigenvalue weighted by Crippen LogP contribution is -2.42. The minimum atomic E-state index is -0.441. The molecule has 0 aromatic heterocycles. The summed E-state index contributed by atoms with van der Waals surface area (Å²) in [7, 11) is 3.16. The summed E-state index contributed by atoms with van der Waals surface area (Å²) in [6.45, 7) is 1.87. The van der Waals surface area contributed by atoms with E-state index >= 15 is 0 Å². The number of methoxy groups -OCH3 is 2. The first-order valence-electron chi connectivity index (χ1n) is 6.86. The van der Waals surface area contributed by atoms with Crippen LogP contribution in [0.1, 0.15) is 31.4 Å². The van der Waals surface area contributed by atoms with E-state index in [1.807, 2.05) is 19.1 Å². The molecule has 6 heteroatoms. The lowest BCUT2D eigenvalue weighted by atomic mass is 10.1. The van der Waals surface area contributed by atoms with Crippen molar-refractivity contribution in [2.75, 3.05) is 14.2 Å². The second-order valence-electron chi connectivity index (χ2n) is 5.00. The normalized spacial score (nSPS) is 18.8. The molecule has 0 radical (unpaired) electrons. The van der Waals surface area contributed by atoms with Crippen LogP contribution < -0.4 is 20.1 Å². The van der Waals surface area contributed by atoms with Gasteiger partial charge in [0.2, 0.25) is 11.8 Å². The number of ether oxygens (including phenoxy) is 2. The number of amides is 2. The van der Waals surface area contributed by atoms with Gasteiger partial charge in [0.1, 0.15) is 17.5 Å². The molecule has 1 aromatic carbocycles. The van der Waals surface area contributed by atoms with Gasteiger partial charge in [0.25, 0.3) is 0 Å². The van der Waals surface area contributed by atoms with Crippen molar-refractivity contribution in [1.29, 1.82) is 0 Å². The van der Waals surface area contributed by atoms with Crippen molar-refractivity contribution in [2.45, 2.75) is 31.8 Å². The van der Waals surface area contributed by atoms with Crippen LogP contribution in [0, 0.1) is 0 Å². The minimum absolute atomic E-state index is 0.0789. The van der Waals surface area contributed by atoms with Crippen molar-refractivity contribution in [2.24, 2.45) is 0 Å². The summed E-state index contributed by atoms with van der Waals surface area (Å²) < 4.78 is 10.5. The zero-order valence-electron chi connectivity index (χ0n) is 12.4. The SMILES string of the molecule is COc1ccc([C@H](C)NC(=O)[C@@H]2CCC(=O)N2)c(OC)c1. The molecule has 6 nitrogen and oxygen atoms in total. The fourth-order valence-electron chi connectivity index (χ4n) is 2.38. The maximum atomic E-state index is 12.1. The molecule has 0 aliphatic carbocycles. The highest BCUT2D eigenvalue weighted by molar-refractivity contribution is 5.90. The van der Waals surface area contributed by atoms with Crippen LogP contribution in [0.5, 0.6) is 11.5 Å². The third-order valence-corrected chi connectivity index (χ3v) is 3.58. The van der Waals surface area contributed by atoms with E-state index in [-0.39, 0.29) is 17.9 Å². The molecule has 1 saturated heterocycles. The number of rotatable bonds is 5. The van der Waals surface area contributed by atoms with Crippen LogP contribution in [0.3, 0.4) is 0 Å². The molecule has 2 amide bonds. The highest BCUT2D eigenvalue weighted by Crippen LogP contribution is 2.29. The molecule has 1 fully saturated rings. The second-order valence-corrected chi connectivity index (χ2v) is 5.00. The number of nitrogens with one attached hydrogen (secondary N) is 2. The topological polar surface area (TPSA) is 76.7 Å². The Hall–Kier alpha value is -2.24. The van der Waals surface area contributed by atoms with Crippen LogP contribution in [0.2, 0.25) is 0 Å². The van der Waals surface area contributed by atoms with E-state index < -0.39 is 6.04 Å². The average Bonchev–Trinajstić information content (AvgIpc) is 2.93. The maximum absolute atomic E-state index is 12.1. The predicted octanol–water partition coefficient (Wildman–Crippen LogP) is 1.16. The Morgan fingerprint density at radius 3 is 2.71 bits per heavy atom. The van der Waals surface area contributed by atoms with Crippen LogP contribution >= 0.6 is 0 Å². The number of carbonyl (C=O) groups excluding carboxylic acids is 2. The molecule has 1 aliphatic heterocycles. The largest absolute Gasteiger partial charge is 0.497 e. The summed E-state index contributed by atoms with van der Waals surface area (Å²) in [6, 6.07) is 4.78. The molecular weight excluding hydrogens is 272 g/mol. The van der Waals surface area contributed by atoms with Gasteiger partial charge < -0.3 is 20.1 Å². The van der Waals surface area contributed by atoms with Gasteiger partial charge >= 0.3 is 0 Å². The lowest BCUT2D eigenvalue weighted by molar-refractivity contribution is -0.126. The number of hydrogen-bond donors (Lipinski definition) is 2. The van der Waals surface area contributed by atoms with Crippen LogP contribution in [0.15, 0.2) is 18.2 Å². The molecule has 0 saturated carbocycles. The van der Waals surface area contributed by atoms with E-state index in [9.17, 15) is 9.59 Å². The Morgan fingerprint density at radius 2 is 2.14 bits per heavy atom. The molecule has 2 atom stereocenters. The molecule has 0 bridgehead atoms. The fourth-order valence-corrected chi connectivity index (χ4v) is 2.38. The van der Waals surface area contributed by atoms with Crippen LogP contribution in [0.4, 0.5) is 0 Å². The maximum Gasteiger partial charge on any atom is 0.243 e. The van der Waals surface area contributed by atoms with Crippen molar-refractivity contribution in [1.82, 2.24) is 10.6 Å². The minimum Gasteiger partial charge on any atom is -0.497 e. The molecule has 2 N–H and O–H groups in total. The molecule has 1 heterocycles. The lowest BCUT2D eigenvalue weighted by Gasteiger charge is -2.20. The van der Waals surface area contributed by atoms with E-state index in [1.54, 1.807) is 20.3 Å². The highest BCUT2D eigenvalue weighted by atomic mass is 16.5. The summed E-state index contributed by atoms with van der Waals surface area (Å²) in [5.41, 5.74) is 0.857. The van der Waals surface area contributed by atoms with Crippen molar-refractivity contribution < 1.29 is 19.1 Å². The molecule has 2 rings (SSSR count). The summed E-state index contributed by atoms with van der Waals surface area (Å²) in [6.07, 6.45) is 0.940. The number of carbonyl (C=O) groups is 2. The van der Waals surface area contributed by atoms with E-state index in [1.165, 1.54) is 0 Å². The summed E-state index contributed by atoms with van der Waals surface area (Å²) >= 11 is 0. The first-order valence-corrected chi connectivity index (χ1v) is 6.86. The third kappa shape index (κ3) is 3.45. The monoisotopic (exact) mass is 292 g/mol. The molecule has 0 spiro atoms. The molecule has 1 aliphatic rings. The number of hydrogen-bond acceptors (Lipinski definition) is 4. The molecule has 1 aromatic rings. The molecule has 0 unspecified atom stereocenters. The quantitative estimate of drug-likeness (QED) is 0.854. The first-order chi connectivity index (χ1) is 10.0. The second kappa shape index (κ2) is 6.47. The van der Waals surface area contributed by atoms with Gasteiger partial charge in [0.15, 0.2) is 0 Å². The average molecular weight is 292 g/mol. The van der Waals surface area contributed by atoms with Gasteiger partial charge in [-0.2, -0.15) is 0 Å². The molecule has 21 heavy (non-hydrogen) atoms. The smallest absolute Gasteiger partial charge is 0.243 e. The van der Waals surface area contributed by atoms with Crippen LogP contribution in [-0.2, 0) is 9.59 Å². The Morgan fingerprint density at radius 1 is 1.38 bits per heavy atom. The van der Waals surface area contributed by atoms with Gasteiger partial charge in [-0.1, -0.05) is 0 Å². The molecule has 114 valence electrons. The summed E-state index contributed by atoms with van der Waals surface area (Å²) in [5.74, 6) is 1.09. The summed E-state index contributed by atoms with van der Waals surface area (Å²) in [4.78, 5) is 23.3. The van der Waals surface area contributed by atoms with E-state index in [0.717, 1.165) is 5.56 Å². The van der Waals surface area contributed by atoms with Gasteiger partial charge in [-0.15, -0.1) is 0 Å². The predicted molar refractivity (Wildman–Crippen MR) is 77.3 cm³/mol. The van der Waals surface area contributed by atoms with E-state index in [2.05, 4.69) is 10.6 Å². The highest BCUT2D eigenvalue weighted by Gasteiger charge is 2.28. The van der Waals surface area contributed by atoms with Gasteiger partial charge in [0.05, 0.1) is 20.3 Å². The van der Waals surface area contributed by atoms with Gasteiger partial charge in [-0.3, -0.25) is 9.59 Å². The van der Waals surface area contributed by atoms with Crippen LogP contribution in [-0.4, -0.2) is 32.1 Å². The van der Waals surface area contributed by atoms with Gasteiger partial charge in [0, 0.05) is 18.1 Å². The van der Waals surface area contributed by atoms with E-state index in [0.29, 0.717) is 24.3 Å². The first kappa shape index (κ1) is 15.2. The Kier molecular flexibility index (Phi) is 4.67. The Labute approximate surface area is 123 Å². The third-order valence-electron chi connectivity index (χ3n) is 3.58. The van der Waals surface area contributed by atoms with E-state index in [4.69, 9.17) is 9.47 Å². The van der Waals surface area contributed by atoms with Crippen molar-refractivity contribution >= 4 is 11.8 Å². The summed E-state index contributed by atoms with van der Waals surface area (Å²) in [5, 5.41) is 5.55. The van der Waals surface area contributed by atoms with Crippen molar-refractivity contribution in [3.05, 3.63) is 23.8 Å². The standard InChI is InChI=1S/C15H20N2O4/c1-9(16-15(19)12-6-7-14(18)17-12)11-5-4-10(20-2)8-13(11)21-3/h4-5,8-9,12H,6-7H2,1-3H3,(H,16,19)(H,17,18)/t9-,12-/m0/s1.